The third-order valence-electron chi connectivity index (χ3n) is 3.07. The molecule has 0 aliphatic heterocycles. The maximum absolute atomic E-state index is 10.2. The fraction of sp³-hybridized carbons (Fsp3) is 0.312. The van der Waals surface area contributed by atoms with Gasteiger partial charge in [-0.15, -0.1) is 0 Å². The van der Waals surface area contributed by atoms with Gasteiger partial charge in [-0.25, -0.2) is 4.98 Å². The molecule has 0 bridgehead atoms. The number of nitrogen functional groups attached to an aromatic ring is 1. The first-order chi connectivity index (χ1) is 9.02. The van der Waals surface area contributed by atoms with Gasteiger partial charge in [0.25, 0.3) is 0 Å². The topological polar surface area (TPSA) is 59.1 Å². The molecule has 100 valence electrons. The number of benzene rings is 1. The van der Waals surface area contributed by atoms with Crippen LogP contribution in [0.1, 0.15) is 22.3 Å². The van der Waals surface area contributed by atoms with Crippen molar-refractivity contribution in [3.05, 3.63) is 58.8 Å². The number of aromatic nitrogens is 1. The van der Waals surface area contributed by atoms with Gasteiger partial charge in [-0.3, -0.25) is 0 Å². The van der Waals surface area contributed by atoms with Crippen molar-refractivity contribution in [2.45, 2.75) is 32.8 Å². The predicted octanol–water partition coefficient (Wildman–Crippen LogP) is 2.43. The Morgan fingerprint density at radius 3 is 2.32 bits per heavy atom. The van der Waals surface area contributed by atoms with Crippen LogP contribution in [-0.2, 0) is 12.8 Å². The van der Waals surface area contributed by atoms with Crippen LogP contribution in [0.5, 0.6) is 0 Å². The van der Waals surface area contributed by atoms with E-state index < -0.39 is 6.10 Å². The maximum Gasteiger partial charge on any atom is 0.123 e. The molecule has 3 nitrogen and oxygen atoms in total. The fourth-order valence-corrected chi connectivity index (χ4v) is 2.42. The number of aliphatic hydroxyl groups is 1. The van der Waals surface area contributed by atoms with Gasteiger partial charge in [0, 0.05) is 6.20 Å². The van der Waals surface area contributed by atoms with Crippen molar-refractivity contribution in [2.24, 2.45) is 0 Å². The van der Waals surface area contributed by atoms with E-state index in [1.165, 1.54) is 16.7 Å². The van der Waals surface area contributed by atoms with Crippen LogP contribution < -0.4 is 5.73 Å². The first-order valence-corrected chi connectivity index (χ1v) is 6.48. The highest BCUT2D eigenvalue weighted by Crippen LogP contribution is 2.13. The number of pyridine rings is 1. The molecule has 1 unspecified atom stereocenters. The van der Waals surface area contributed by atoms with Crippen molar-refractivity contribution < 1.29 is 5.11 Å². The van der Waals surface area contributed by atoms with Crippen LogP contribution in [0.25, 0.3) is 0 Å². The van der Waals surface area contributed by atoms with E-state index in [0.29, 0.717) is 18.7 Å². The summed E-state index contributed by atoms with van der Waals surface area (Å²) < 4.78 is 0. The van der Waals surface area contributed by atoms with Crippen LogP contribution >= 0.6 is 0 Å². The third-order valence-corrected chi connectivity index (χ3v) is 3.07. The number of hydrogen-bond donors (Lipinski definition) is 2. The summed E-state index contributed by atoms with van der Waals surface area (Å²) in [6.45, 7) is 4.15. The number of nitrogens with zero attached hydrogens (tertiary/aromatic N) is 1. The minimum atomic E-state index is -0.400. The van der Waals surface area contributed by atoms with Crippen LogP contribution in [0.15, 0.2) is 36.5 Å². The molecule has 0 radical (unpaired) electrons. The van der Waals surface area contributed by atoms with E-state index in [1.54, 1.807) is 6.20 Å². The Labute approximate surface area is 114 Å². The summed E-state index contributed by atoms with van der Waals surface area (Å²) in [7, 11) is 0. The summed E-state index contributed by atoms with van der Waals surface area (Å²) >= 11 is 0. The molecule has 2 aromatic rings. The minimum absolute atomic E-state index is 0.400. The average Bonchev–Trinajstić information content (AvgIpc) is 2.26. The Kier molecular flexibility index (Phi) is 4.17. The van der Waals surface area contributed by atoms with Crippen molar-refractivity contribution in [1.82, 2.24) is 4.98 Å². The lowest BCUT2D eigenvalue weighted by molar-refractivity contribution is 0.175. The zero-order valence-corrected chi connectivity index (χ0v) is 11.4. The molecule has 1 aromatic carbocycles. The summed E-state index contributed by atoms with van der Waals surface area (Å²) in [4.78, 5) is 3.95. The standard InChI is InChI=1S/C16H20N2O/c1-11-5-12(2)7-14(6-11)9-15(19)8-13-3-4-18-16(17)10-13/h3-7,10,15,19H,8-9H2,1-2H3,(H2,17,18). The predicted molar refractivity (Wildman–Crippen MR) is 78.0 cm³/mol. The fourth-order valence-electron chi connectivity index (χ4n) is 2.42. The Bertz CT molecular complexity index is 546. The molecule has 0 saturated heterocycles. The van der Waals surface area contributed by atoms with Crippen molar-refractivity contribution in [3.63, 3.8) is 0 Å². The van der Waals surface area contributed by atoms with Gasteiger partial charge < -0.3 is 10.8 Å². The van der Waals surface area contributed by atoms with E-state index in [4.69, 9.17) is 5.73 Å². The number of rotatable bonds is 4. The highest BCUT2D eigenvalue weighted by molar-refractivity contribution is 5.33. The molecule has 1 heterocycles. The van der Waals surface area contributed by atoms with E-state index in [9.17, 15) is 5.11 Å². The van der Waals surface area contributed by atoms with Crippen molar-refractivity contribution in [2.75, 3.05) is 5.73 Å². The summed E-state index contributed by atoms with van der Waals surface area (Å²) in [6.07, 6.45) is 2.53. The largest absolute Gasteiger partial charge is 0.392 e. The van der Waals surface area contributed by atoms with Gasteiger partial charge in [-0.1, -0.05) is 29.3 Å². The molecule has 3 N–H and O–H groups in total. The Balaban J connectivity index is 2.03. The Morgan fingerprint density at radius 2 is 1.68 bits per heavy atom. The molecule has 0 aliphatic carbocycles. The lowest BCUT2D eigenvalue weighted by Crippen LogP contribution is -2.14. The van der Waals surface area contributed by atoms with Crippen molar-refractivity contribution >= 4 is 5.82 Å². The Morgan fingerprint density at radius 1 is 1.05 bits per heavy atom. The van der Waals surface area contributed by atoms with Gasteiger partial charge in [-0.2, -0.15) is 0 Å². The number of aryl methyl sites for hydroxylation is 2. The SMILES string of the molecule is Cc1cc(C)cc(CC(O)Cc2ccnc(N)c2)c1. The summed E-state index contributed by atoms with van der Waals surface area (Å²) in [6, 6.07) is 10.1. The molecule has 1 atom stereocenters. The lowest BCUT2D eigenvalue weighted by atomic mass is 9.99. The van der Waals surface area contributed by atoms with E-state index in [0.717, 1.165) is 5.56 Å². The average molecular weight is 256 g/mol. The molecule has 0 saturated carbocycles. The second-order valence-corrected chi connectivity index (χ2v) is 5.15. The number of anilines is 1. The first-order valence-electron chi connectivity index (χ1n) is 6.48. The molecule has 3 heteroatoms. The number of nitrogens with two attached hydrogens (primary N) is 1. The van der Waals surface area contributed by atoms with Gasteiger partial charge in [-0.05, 0) is 49.9 Å². The highest BCUT2D eigenvalue weighted by Gasteiger charge is 2.08. The zero-order valence-electron chi connectivity index (χ0n) is 11.4. The molecule has 19 heavy (non-hydrogen) atoms. The number of aliphatic hydroxyl groups excluding tert-OH is 1. The van der Waals surface area contributed by atoms with Gasteiger partial charge in [0.15, 0.2) is 0 Å². The van der Waals surface area contributed by atoms with Gasteiger partial charge in [0.2, 0.25) is 0 Å². The molecule has 2 rings (SSSR count). The second-order valence-electron chi connectivity index (χ2n) is 5.15. The van der Waals surface area contributed by atoms with E-state index in [2.05, 4.69) is 37.0 Å². The zero-order chi connectivity index (χ0) is 13.8. The van der Waals surface area contributed by atoms with Crippen molar-refractivity contribution in [3.8, 4) is 0 Å². The quantitative estimate of drug-likeness (QED) is 0.883. The van der Waals surface area contributed by atoms with Crippen LogP contribution in [0.4, 0.5) is 5.82 Å². The van der Waals surface area contributed by atoms with Crippen LogP contribution in [0, 0.1) is 13.8 Å². The maximum atomic E-state index is 10.2. The summed E-state index contributed by atoms with van der Waals surface area (Å²) in [5, 5.41) is 10.2. The molecule has 0 fully saturated rings. The van der Waals surface area contributed by atoms with Crippen molar-refractivity contribution in [1.29, 1.82) is 0 Å². The minimum Gasteiger partial charge on any atom is -0.392 e. The smallest absolute Gasteiger partial charge is 0.123 e. The molecular formula is C16H20N2O. The first kappa shape index (κ1) is 13.6. The normalized spacial score (nSPS) is 12.4. The number of hydrogen-bond acceptors (Lipinski definition) is 3. The summed E-state index contributed by atoms with van der Waals surface area (Å²) in [5.41, 5.74) is 10.3. The van der Waals surface area contributed by atoms with Crippen LogP contribution in [0.2, 0.25) is 0 Å². The van der Waals surface area contributed by atoms with E-state index in [1.807, 2.05) is 12.1 Å². The van der Waals surface area contributed by atoms with E-state index >= 15 is 0 Å². The summed E-state index contributed by atoms with van der Waals surface area (Å²) in [5.74, 6) is 0.496. The molecule has 0 amide bonds. The molecular weight excluding hydrogens is 236 g/mol. The molecule has 0 spiro atoms. The van der Waals surface area contributed by atoms with Gasteiger partial charge >= 0.3 is 0 Å². The van der Waals surface area contributed by atoms with Crippen LogP contribution in [-0.4, -0.2) is 16.2 Å². The van der Waals surface area contributed by atoms with E-state index in [-0.39, 0.29) is 0 Å². The van der Waals surface area contributed by atoms with Gasteiger partial charge in [0.1, 0.15) is 5.82 Å². The third kappa shape index (κ3) is 4.07. The second kappa shape index (κ2) is 5.85. The molecule has 0 aliphatic rings. The molecule has 1 aromatic heterocycles. The van der Waals surface area contributed by atoms with Gasteiger partial charge in [0.05, 0.1) is 6.10 Å². The monoisotopic (exact) mass is 256 g/mol. The van der Waals surface area contributed by atoms with Crippen LogP contribution in [0.3, 0.4) is 0 Å². The Hall–Kier alpha value is -1.87. The highest BCUT2D eigenvalue weighted by atomic mass is 16.3. The lowest BCUT2D eigenvalue weighted by Gasteiger charge is -2.12.